The lowest BCUT2D eigenvalue weighted by Gasteiger charge is -2.16. The van der Waals surface area contributed by atoms with Crippen LogP contribution in [0, 0.1) is 0 Å². The van der Waals surface area contributed by atoms with Gasteiger partial charge in [-0.1, -0.05) is 36.4 Å². The minimum atomic E-state index is -3.00. The van der Waals surface area contributed by atoms with Gasteiger partial charge in [0.15, 0.2) is 11.5 Å². The number of anilines is 1. The van der Waals surface area contributed by atoms with Crippen molar-refractivity contribution in [3.8, 4) is 22.8 Å². The van der Waals surface area contributed by atoms with Crippen molar-refractivity contribution in [2.24, 2.45) is 0 Å². The number of hydrogen-bond donors (Lipinski definition) is 1. The van der Waals surface area contributed by atoms with E-state index >= 15 is 0 Å². The van der Waals surface area contributed by atoms with Crippen molar-refractivity contribution in [3.63, 3.8) is 0 Å². The van der Waals surface area contributed by atoms with Crippen molar-refractivity contribution in [2.45, 2.75) is 24.7 Å². The molecule has 7 nitrogen and oxygen atoms in total. The first-order valence-electron chi connectivity index (χ1n) is 10.8. The van der Waals surface area contributed by atoms with Gasteiger partial charge in [0.1, 0.15) is 15.7 Å². The number of aryl methyl sites for hydroxylation is 1. The fourth-order valence-electron chi connectivity index (χ4n) is 4.01. The largest absolute Gasteiger partial charge is 0.454 e. The Morgan fingerprint density at radius 2 is 1.79 bits per heavy atom. The van der Waals surface area contributed by atoms with Crippen LogP contribution < -0.4 is 14.8 Å². The summed E-state index contributed by atoms with van der Waals surface area (Å²) >= 11 is 0. The monoisotopic (exact) mass is 464 g/mol. The number of carbonyl (C=O) groups excluding carboxylic acids is 1. The molecule has 8 heteroatoms. The van der Waals surface area contributed by atoms with E-state index in [1.807, 2.05) is 54.6 Å². The third kappa shape index (κ3) is 4.57. The Morgan fingerprint density at radius 1 is 1.03 bits per heavy atom. The Bertz CT molecular complexity index is 1310. The Labute approximate surface area is 192 Å². The molecular weight excluding hydrogens is 440 g/mol. The van der Waals surface area contributed by atoms with E-state index in [9.17, 15) is 13.2 Å². The van der Waals surface area contributed by atoms with Crippen molar-refractivity contribution in [2.75, 3.05) is 24.1 Å². The molecule has 2 aliphatic rings. The first-order valence-corrected chi connectivity index (χ1v) is 12.8. The molecule has 0 saturated heterocycles. The maximum absolute atomic E-state index is 13.2. The predicted molar refractivity (Wildman–Crippen MR) is 125 cm³/mol. The van der Waals surface area contributed by atoms with Crippen LogP contribution in [0.4, 0.5) is 5.82 Å². The van der Waals surface area contributed by atoms with E-state index in [2.05, 4.69) is 10.3 Å². The summed E-state index contributed by atoms with van der Waals surface area (Å²) in [6, 6.07) is 18.8. The minimum absolute atomic E-state index is 0.0814. The quantitative estimate of drug-likeness (QED) is 0.573. The zero-order chi connectivity index (χ0) is 23.1. The summed E-state index contributed by atoms with van der Waals surface area (Å²) in [6.45, 7) is 0.202. The van der Waals surface area contributed by atoms with Crippen LogP contribution in [0.5, 0.6) is 11.5 Å². The molecule has 0 radical (unpaired) electrons. The van der Waals surface area contributed by atoms with E-state index in [0.717, 1.165) is 35.2 Å². The summed E-state index contributed by atoms with van der Waals surface area (Å²) in [5, 5.41) is 2.98. The number of pyridine rings is 1. The third-order valence-corrected chi connectivity index (χ3v) is 7.06. The number of hydrogen-bond acceptors (Lipinski definition) is 6. The number of amides is 1. The second-order valence-electron chi connectivity index (χ2n) is 8.59. The van der Waals surface area contributed by atoms with Crippen LogP contribution in [0.3, 0.4) is 0 Å². The fraction of sp³-hybridized carbons (Fsp3) is 0.280. The second-order valence-corrected chi connectivity index (χ2v) is 10.8. The number of nitrogens with one attached hydrogen (secondary N) is 1. The zero-order valence-corrected chi connectivity index (χ0v) is 19.0. The maximum Gasteiger partial charge on any atom is 0.236 e. The van der Waals surface area contributed by atoms with Gasteiger partial charge in [-0.25, -0.2) is 13.4 Å². The molecule has 1 saturated carbocycles. The van der Waals surface area contributed by atoms with E-state index in [4.69, 9.17) is 9.47 Å². The van der Waals surface area contributed by atoms with Crippen molar-refractivity contribution in [3.05, 3.63) is 71.8 Å². The summed E-state index contributed by atoms with van der Waals surface area (Å²) in [5.74, 6) is 1.91. The molecule has 33 heavy (non-hydrogen) atoms. The van der Waals surface area contributed by atoms with Crippen LogP contribution in [0.2, 0.25) is 0 Å². The van der Waals surface area contributed by atoms with Gasteiger partial charge in [-0.05, 0) is 54.7 Å². The lowest BCUT2D eigenvalue weighted by atomic mass is 9.94. The summed E-state index contributed by atoms with van der Waals surface area (Å²) < 4.78 is 33.6. The van der Waals surface area contributed by atoms with E-state index in [1.54, 1.807) is 6.07 Å². The molecule has 5 rings (SSSR count). The summed E-state index contributed by atoms with van der Waals surface area (Å²) in [5.41, 5.74) is 2.93. The van der Waals surface area contributed by atoms with Crippen LogP contribution in [-0.2, 0) is 26.5 Å². The van der Waals surface area contributed by atoms with Gasteiger partial charge in [0, 0.05) is 11.8 Å². The predicted octanol–water partition coefficient (Wildman–Crippen LogP) is 3.73. The normalized spacial score (nSPS) is 15.8. The molecular formula is C25H24N2O5S. The van der Waals surface area contributed by atoms with Gasteiger partial charge >= 0.3 is 0 Å². The maximum atomic E-state index is 13.2. The highest BCUT2D eigenvalue weighted by Gasteiger charge is 2.51. The second kappa shape index (κ2) is 8.19. The first-order chi connectivity index (χ1) is 15.8. The first kappa shape index (κ1) is 21.5. The Hall–Kier alpha value is -3.39. The van der Waals surface area contributed by atoms with Crippen LogP contribution >= 0.6 is 0 Å². The molecule has 1 aliphatic heterocycles. The van der Waals surface area contributed by atoms with Gasteiger partial charge in [-0.15, -0.1) is 0 Å². The highest BCUT2D eigenvalue weighted by atomic mass is 32.2. The molecule has 1 aromatic heterocycles. The van der Waals surface area contributed by atoms with E-state index < -0.39 is 15.3 Å². The van der Waals surface area contributed by atoms with Gasteiger partial charge in [0.25, 0.3) is 0 Å². The molecule has 0 bridgehead atoms. The van der Waals surface area contributed by atoms with Crippen molar-refractivity contribution >= 4 is 21.6 Å². The Kier molecular flexibility index (Phi) is 5.32. The lowest BCUT2D eigenvalue weighted by molar-refractivity contribution is -0.118. The molecule has 1 N–H and O–H groups in total. The van der Waals surface area contributed by atoms with Crippen molar-refractivity contribution in [1.29, 1.82) is 0 Å². The van der Waals surface area contributed by atoms with Crippen LogP contribution in [0.25, 0.3) is 11.3 Å². The molecule has 2 heterocycles. The van der Waals surface area contributed by atoms with Gasteiger partial charge < -0.3 is 14.8 Å². The number of carbonyl (C=O) groups is 1. The smallest absolute Gasteiger partial charge is 0.236 e. The molecule has 1 fully saturated rings. The average Bonchev–Trinajstić information content (AvgIpc) is 3.49. The number of fused-ring (bicyclic) bond motifs is 1. The number of ether oxygens (including phenoxy) is 2. The topological polar surface area (TPSA) is 94.6 Å². The Balaban J connectivity index is 1.30. The van der Waals surface area contributed by atoms with Gasteiger partial charge in [0.05, 0.1) is 16.9 Å². The molecule has 2 aromatic carbocycles. The van der Waals surface area contributed by atoms with Crippen LogP contribution in [0.15, 0.2) is 60.7 Å². The third-order valence-electron chi connectivity index (χ3n) is 6.11. The van der Waals surface area contributed by atoms with E-state index in [-0.39, 0.29) is 18.5 Å². The standard InChI is InChI=1S/C25H24N2O5S/c1-33(29,30)14-11-17-5-7-18(8-6-17)20-3-2-4-23(26-20)27-24(28)25(12-13-25)19-9-10-21-22(15-19)32-16-31-21/h2-10,15H,11-14,16H2,1H3,(H,26,27,28). The molecule has 1 amide bonds. The molecule has 170 valence electrons. The molecule has 0 atom stereocenters. The summed E-state index contributed by atoms with van der Waals surface area (Å²) in [4.78, 5) is 17.8. The van der Waals surface area contributed by atoms with Gasteiger partial charge in [-0.3, -0.25) is 4.79 Å². The molecule has 3 aromatic rings. The zero-order valence-electron chi connectivity index (χ0n) is 18.2. The Morgan fingerprint density at radius 3 is 2.52 bits per heavy atom. The van der Waals surface area contributed by atoms with E-state index in [0.29, 0.717) is 23.7 Å². The molecule has 0 unspecified atom stereocenters. The number of sulfone groups is 1. The number of aromatic nitrogens is 1. The lowest BCUT2D eigenvalue weighted by Crippen LogP contribution is -2.28. The molecule has 0 spiro atoms. The highest BCUT2D eigenvalue weighted by molar-refractivity contribution is 7.90. The summed E-state index contributed by atoms with van der Waals surface area (Å²) in [6.07, 6.45) is 3.26. The van der Waals surface area contributed by atoms with Gasteiger partial charge in [-0.2, -0.15) is 0 Å². The summed E-state index contributed by atoms with van der Waals surface area (Å²) in [7, 11) is -3.00. The molecule has 1 aliphatic carbocycles. The van der Waals surface area contributed by atoms with Crippen molar-refractivity contribution in [1.82, 2.24) is 4.98 Å². The van der Waals surface area contributed by atoms with Crippen LogP contribution in [0.1, 0.15) is 24.0 Å². The minimum Gasteiger partial charge on any atom is -0.454 e. The van der Waals surface area contributed by atoms with Crippen LogP contribution in [-0.4, -0.2) is 38.1 Å². The van der Waals surface area contributed by atoms with Gasteiger partial charge in [0.2, 0.25) is 12.7 Å². The highest BCUT2D eigenvalue weighted by Crippen LogP contribution is 2.51. The number of nitrogens with zero attached hydrogens (tertiary/aromatic N) is 1. The average molecular weight is 465 g/mol. The number of benzene rings is 2. The SMILES string of the molecule is CS(=O)(=O)CCc1ccc(-c2cccc(NC(=O)C3(c4ccc5c(c4)OCO5)CC3)n2)cc1. The van der Waals surface area contributed by atoms with Crippen molar-refractivity contribution < 1.29 is 22.7 Å². The van der Waals surface area contributed by atoms with E-state index in [1.165, 1.54) is 6.26 Å². The number of rotatable bonds is 7. The fourth-order valence-corrected chi connectivity index (χ4v) is 4.62.